The molecule has 132 valence electrons. The summed E-state index contributed by atoms with van der Waals surface area (Å²) in [4.78, 5) is 28.1. The monoisotopic (exact) mass is 365 g/mol. The average molecular weight is 366 g/mol. The summed E-state index contributed by atoms with van der Waals surface area (Å²) in [5.74, 6) is -0.898. The third-order valence-corrected chi connectivity index (χ3v) is 3.10. The Balaban J connectivity index is 2.13. The molecule has 0 aliphatic carbocycles. The molecule has 0 atom stereocenters. The normalized spacial score (nSPS) is 10.9. The number of ether oxygens (including phenoxy) is 1. The molecule has 0 bridgehead atoms. The van der Waals surface area contributed by atoms with E-state index in [1.54, 1.807) is 20.8 Å². The molecule has 2 aromatic rings. The van der Waals surface area contributed by atoms with Crippen molar-refractivity contribution < 1.29 is 18.7 Å². The van der Waals surface area contributed by atoms with E-state index in [4.69, 9.17) is 16.3 Å². The first kappa shape index (κ1) is 18.7. The molecule has 0 spiro atoms. The molecule has 0 fully saturated rings. The van der Waals surface area contributed by atoms with Crippen molar-refractivity contribution in [2.24, 2.45) is 0 Å². The lowest BCUT2D eigenvalue weighted by molar-refractivity contribution is 0.0635. The average Bonchev–Trinajstić information content (AvgIpc) is 2.49. The Labute approximate surface area is 149 Å². The van der Waals surface area contributed by atoms with Gasteiger partial charge in [0.1, 0.15) is 22.9 Å². The molecule has 8 heteroatoms. The number of halogens is 2. The zero-order chi connectivity index (χ0) is 18.6. The third kappa shape index (κ3) is 5.72. The van der Waals surface area contributed by atoms with Crippen molar-refractivity contribution in [2.75, 3.05) is 10.6 Å². The van der Waals surface area contributed by atoms with Crippen LogP contribution in [0.25, 0.3) is 0 Å². The van der Waals surface area contributed by atoms with Gasteiger partial charge in [-0.3, -0.25) is 10.1 Å². The summed E-state index contributed by atoms with van der Waals surface area (Å²) in [6.07, 6.45) is -0.702. The van der Waals surface area contributed by atoms with E-state index < -0.39 is 23.4 Å². The molecular weight excluding hydrogens is 349 g/mol. The molecule has 0 saturated heterocycles. The fraction of sp³-hybridized carbons (Fsp3) is 0.235. The number of aromatic nitrogens is 1. The summed E-state index contributed by atoms with van der Waals surface area (Å²) in [5, 5.41) is 5.09. The smallest absolute Gasteiger partial charge is 0.413 e. The molecule has 0 saturated carbocycles. The Hall–Kier alpha value is -2.67. The van der Waals surface area contributed by atoms with Crippen LogP contribution in [0.2, 0.25) is 5.02 Å². The molecule has 0 aliphatic rings. The minimum Gasteiger partial charge on any atom is -0.444 e. The van der Waals surface area contributed by atoms with Crippen LogP contribution in [-0.2, 0) is 4.74 Å². The molecule has 0 aliphatic heterocycles. The van der Waals surface area contributed by atoms with Crippen molar-refractivity contribution >= 4 is 35.1 Å². The second kappa shape index (κ2) is 7.48. The molecule has 2 amide bonds. The molecule has 1 aromatic carbocycles. The van der Waals surface area contributed by atoms with Crippen LogP contribution in [0.3, 0.4) is 0 Å². The number of nitrogens with one attached hydrogen (secondary N) is 2. The number of carbonyl (C=O) groups excluding carboxylic acids is 2. The van der Waals surface area contributed by atoms with Crippen LogP contribution in [0.1, 0.15) is 31.3 Å². The predicted molar refractivity (Wildman–Crippen MR) is 93.5 cm³/mol. The highest BCUT2D eigenvalue weighted by Crippen LogP contribution is 2.19. The summed E-state index contributed by atoms with van der Waals surface area (Å²) < 4.78 is 18.0. The Morgan fingerprint density at radius 2 is 1.72 bits per heavy atom. The van der Waals surface area contributed by atoms with E-state index in [0.717, 1.165) is 0 Å². The maximum absolute atomic E-state index is 12.9. The standard InChI is InChI=1S/C17H17ClFN3O3/c1-17(2,3)25-16(24)22-13-9-8-12(18)14(21-13)15(23)20-11-6-4-10(19)5-7-11/h4-9H,1-3H3,(H,20,23)(H,21,22,24). The van der Waals surface area contributed by atoms with Gasteiger partial charge in [0.25, 0.3) is 5.91 Å². The number of nitrogens with zero attached hydrogens (tertiary/aromatic N) is 1. The topological polar surface area (TPSA) is 80.3 Å². The van der Waals surface area contributed by atoms with E-state index in [1.807, 2.05) is 0 Å². The van der Waals surface area contributed by atoms with Gasteiger partial charge in [-0.2, -0.15) is 0 Å². The highest BCUT2D eigenvalue weighted by Gasteiger charge is 2.18. The number of hydrogen-bond donors (Lipinski definition) is 2. The fourth-order valence-corrected chi connectivity index (χ4v) is 1.99. The minimum absolute atomic E-state index is 0.0837. The molecule has 25 heavy (non-hydrogen) atoms. The second-order valence-electron chi connectivity index (χ2n) is 6.11. The highest BCUT2D eigenvalue weighted by molar-refractivity contribution is 6.34. The molecule has 2 N–H and O–H groups in total. The molecular formula is C17H17ClFN3O3. The van der Waals surface area contributed by atoms with Gasteiger partial charge < -0.3 is 10.1 Å². The Morgan fingerprint density at radius 3 is 2.32 bits per heavy atom. The third-order valence-electron chi connectivity index (χ3n) is 2.79. The van der Waals surface area contributed by atoms with Gasteiger partial charge in [0.2, 0.25) is 0 Å². The number of pyridine rings is 1. The van der Waals surface area contributed by atoms with Crippen LogP contribution < -0.4 is 10.6 Å². The fourth-order valence-electron chi connectivity index (χ4n) is 1.80. The maximum atomic E-state index is 12.9. The number of benzene rings is 1. The van der Waals surface area contributed by atoms with Gasteiger partial charge in [-0.1, -0.05) is 11.6 Å². The molecule has 2 rings (SSSR count). The van der Waals surface area contributed by atoms with Crippen molar-refractivity contribution in [2.45, 2.75) is 26.4 Å². The quantitative estimate of drug-likeness (QED) is 0.840. The SMILES string of the molecule is CC(C)(C)OC(=O)Nc1ccc(Cl)c(C(=O)Nc2ccc(F)cc2)n1. The van der Waals surface area contributed by atoms with Crippen LogP contribution in [-0.4, -0.2) is 22.6 Å². The molecule has 1 heterocycles. The van der Waals surface area contributed by atoms with Gasteiger partial charge in [-0.05, 0) is 57.2 Å². The van der Waals surface area contributed by atoms with Crippen molar-refractivity contribution in [3.63, 3.8) is 0 Å². The highest BCUT2D eigenvalue weighted by atomic mass is 35.5. The first-order valence-corrected chi connectivity index (χ1v) is 7.75. The number of anilines is 2. The lowest BCUT2D eigenvalue weighted by Gasteiger charge is -2.19. The first-order valence-electron chi connectivity index (χ1n) is 7.37. The number of hydrogen-bond acceptors (Lipinski definition) is 4. The maximum Gasteiger partial charge on any atom is 0.413 e. The Kier molecular flexibility index (Phi) is 5.58. The largest absolute Gasteiger partial charge is 0.444 e. The molecule has 0 radical (unpaired) electrons. The van der Waals surface area contributed by atoms with Crippen molar-refractivity contribution in [1.29, 1.82) is 0 Å². The van der Waals surface area contributed by atoms with Crippen molar-refractivity contribution in [3.05, 3.63) is 52.9 Å². The summed E-state index contributed by atoms with van der Waals surface area (Å²) in [6.45, 7) is 5.18. The zero-order valence-corrected chi connectivity index (χ0v) is 14.6. The van der Waals surface area contributed by atoms with Crippen LogP contribution in [0.4, 0.5) is 20.7 Å². The van der Waals surface area contributed by atoms with Crippen LogP contribution >= 0.6 is 11.6 Å². The second-order valence-corrected chi connectivity index (χ2v) is 6.52. The van der Waals surface area contributed by atoms with Crippen LogP contribution in [0.5, 0.6) is 0 Å². The summed E-state index contributed by atoms with van der Waals surface area (Å²) in [7, 11) is 0. The van der Waals surface area contributed by atoms with Crippen LogP contribution in [0.15, 0.2) is 36.4 Å². The Bertz CT molecular complexity index is 789. The van der Waals surface area contributed by atoms with E-state index in [-0.39, 0.29) is 16.5 Å². The van der Waals surface area contributed by atoms with E-state index >= 15 is 0 Å². The van der Waals surface area contributed by atoms with Gasteiger partial charge in [-0.15, -0.1) is 0 Å². The molecule has 0 unspecified atom stereocenters. The van der Waals surface area contributed by atoms with Gasteiger partial charge in [0, 0.05) is 5.69 Å². The van der Waals surface area contributed by atoms with Crippen LogP contribution in [0, 0.1) is 5.82 Å². The van der Waals surface area contributed by atoms with E-state index in [0.29, 0.717) is 5.69 Å². The molecule has 6 nitrogen and oxygen atoms in total. The zero-order valence-electron chi connectivity index (χ0n) is 13.9. The van der Waals surface area contributed by atoms with Gasteiger partial charge >= 0.3 is 6.09 Å². The summed E-state index contributed by atoms with van der Waals surface area (Å²) in [5.41, 5.74) is -0.367. The van der Waals surface area contributed by atoms with Crippen molar-refractivity contribution in [1.82, 2.24) is 4.98 Å². The lowest BCUT2D eigenvalue weighted by Crippen LogP contribution is -2.27. The lowest BCUT2D eigenvalue weighted by atomic mass is 10.2. The van der Waals surface area contributed by atoms with E-state index in [2.05, 4.69) is 15.6 Å². The minimum atomic E-state index is -0.702. The number of rotatable bonds is 3. The summed E-state index contributed by atoms with van der Waals surface area (Å²) >= 11 is 6.00. The molecule has 1 aromatic heterocycles. The Morgan fingerprint density at radius 1 is 1.08 bits per heavy atom. The van der Waals surface area contributed by atoms with Gasteiger partial charge in [-0.25, -0.2) is 14.2 Å². The van der Waals surface area contributed by atoms with E-state index in [1.165, 1.54) is 36.4 Å². The number of amides is 2. The van der Waals surface area contributed by atoms with Crippen molar-refractivity contribution in [3.8, 4) is 0 Å². The summed E-state index contributed by atoms with van der Waals surface area (Å²) in [6, 6.07) is 8.12. The number of carbonyl (C=O) groups is 2. The predicted octanol–water partition coefficient (Wildman–Crippen LogP) is 4.47. The van der Waals surface area contributed by atoms with Gasteiger partial charge in [0.15, 0.2) is 0 Å². The van der Waals surface area contributed by atoms with E-state index in [9.17, 15) is 14.0 Å². The van der Waals surface area contributed by atoms with Gasteiger partial charge in [0.05, 0.1) is 5.02 Å². The first-order chi connectivity index (χ1) is 11.6.